The number of nitrogens with zero attached hydrogens (tertiary/aromatic N) is 3. The Morgan fingerprint density at radius 1 is 1.08 bits per heavy atom. The third-order valence-electron chi connectivity index (χ3n) is 4.30. The number of piperazine rings is 1. The van der Waals surface area contributed by atoms with Crippen LogP contribution in [0.25, 0.3) is 6.08 Å². The van der Waals surface area contributed by atoms with Gasteiger partial charge in [0.25, 0.3) is 5.69 Å². The lowest BCUT2D eigenvalue weighted by Crippen LogP contribution is -2.48. The first kappa shape index (κ1) is 17.9. The Labute approximate surface area is 156 Å². The Morgan fingerprint density at radius 2 is 1.81 bits per heavy atom. The van der Waals surface area contributed by atoms with E-state index in [-0.39, 0.29) is 11.6 Å². The Hall–Kier alpha value is -2.86. The standard InChI is InChI=1S/C19H18ClN3O3/c20-16-5-3-6-17(14-16)21-10-12-22(13-11-21)19(24)9-8-15-4-1-2-7-18(15)23(25)26/h1-9,14H,10-13H2. The Kier molecular flexibility index (Phi) is 5.53. The maximum Gasteiger partial charge on any atom is 0.276 e. The number of benzene rings is 2. The number of carbonyl (C=O) groups excluding carboxylic acids is 1. The van der Waals surface area contributed by atoms with Crippen molar-refractivity contribution in [2.75, 3.05) is 31.1 Å². The molecule has 0 radical (unpaired) electrons. The molecular formula is C19H18ClN3O3. The highest BCUT2D eigenvalue weighted by Crippen LogP contribution is 2.21. The van der Waals surface area contributed by atoms with E-state index in [2.05, 4.69) is 4.90 Å². The Morgan fingerprint density at radius 3 is 2.50 bits per heavy atom. The van der Waals surface area contributed by atoms with Crippen LogP contribution < -0.4 is 4.90 Å². The zero-order chi connectivity index (χ0) is 18.5. The highest BCUT2D eigenvalue weighted by Gasteiger charge is 2.20. The summed E-state index contributed by atoms with van der Waals surface area (Å²) in [5.74, 6) is -0.145. The smallest absolute Gasteiger partial charge is 0.276 e. The van der Waals surface area contributed by atoms with Crippen molar-refractivity contribution >= 4 is 35.0 Å². The predicted molar refractivity (Wildman–Crippen MR) is 102 cm³/mol. The van der Waals surface area contributed by atoms with Gasteiger partial charge in [-0.2, -0.15) is 0 Å². The van der Waals surface area contributed by atoms with Crippen molar-refractivity contribution in [3.63, 3.8) is 0 Å². The number of anilines is 1. The monoisotopic (exact) mass is 371 g/mol. The van der Waals surface area contributed by atoms with Crippen molar-refractivity contribution < 1.29 is 9.72 Å². The second kappa shape index (κ2) is 8.01. The van der Waals surface area contributed by atoms with Gasteiger partial charge in [0.05, 0.1) is 10.5 Å². The molecule has 7 heteroatoms. The molecule has 6 nitrogen and oxygen atoms in total. The van der Waals surface area contributed by atoms with Gasteiger partial charge in [-0.3, -0.25) is 14.9 Å². The van der Waals surface area contributed by atoms with Gasteiger partial charge in [0.2, 0.25) is 5.91 Å². The molecule has 3 rings (SSSR count). The van der Waals surface area contributed by atoms with Crippen LogP contribution in [0.3, 0.4) is 0 Å². The van der Waals surface area contributed by atoms with Gasteiger partial charge in [0, 0.05) is 49.0 Å². The summed E-state index contributed by atoms with van der Waals surface area (Å²) in [7, 11) is 0. The topological polar surface area (TPSA) is 66.7 Å². The summed E-state index contributed by atoms with van der Waals surface area (Å²) in [6.45, 7) is 2.61. The fourth-order valence-corrected chi connectivity index (χ4v) is 3.10. The number of hydrogen-bond acceptors (Lipinski definition) is 4. The van der Waals surface area contributed by atoms with Crippen LogP contribution in [-0.2, 0) is 4.79 Å². The second-order valence-corrected chi connectivity index (χ2v) is 6.38. The van der Waals surface area contributed by atoms with Gasteiger partial charge < -0.3 is 9.80 Å². The first-order valence-corrected chi connectivity index (χ1v) is 8.63. The summed E-state index contributed by atoms with van der Waals surface area (Å²) < 4.78 is 0. The number of hydrogen-bond donors (Lipinski definition) is 0. The van der Waals surface area contributed by atoms with Crippen LogP contribution in [0.4, 0.5) is 11.4 Å². The van der Waals surface area contributed by atoms with Crippen LogP contribution in [0.5, 0.6) is 0 Å². The summed E-state index contributed by atoms with van der Waals surface area (Å²) in [5.41, 5.74) is 1.45. The van der Waals surface area contributed by atoms with E-state index in [1.807, 2.05) is 24.3 Å². The molecule has 0 spiro atoms. The third kappa shape index (κ3) is 4.21. The molecule has 134 valence electrons. The third-order valence-corrected chi connectivity index (χ3v) is 4.54. The minimum absolute atomic E-state index is 0.0117. The summed E-state index contributed by atoms with van der Waals surface area (Å²) in [6.07, 6.45) is 2.90. The molecule has 1 aliphatic heterocycles. The molecule has 2 aromatic rings. The maximum absolute atomic E-state index is 12.4. The quantitative estimate of drug-likeness (QED) is 0.468. The molecule has 2 aromatic carbocycles. The van der Waals surface area contributed by atoms with Gasteiger partial charge in [-0.1, -0.05) is 29.8 Å². The lowest BCUT2D eigenvalue weighted by molar-refractivity contribution is -0.385. The van der Waals surface area contributed by atoms with Gasteiger partial charge in [-0.25, -0.2) is 0 Å². The molecule has 1 aliphatic rings. The molecule has 0 aromatic heterocycles. The van der Waals surface area contributed by atoms with E-state index >= 15 is 0 Å². The van der Waals surface area contributed by atoms with E-state index < -0.39 is 4.92 Å². The van der Waals surface area contributed by atoms with E-state index in [9.17, 15) is 14.9 Å². The van der Waals surface area contributed by atoms with Crippen molar-refractivity contribution in [3.8, 4) is 0 Å². The van der Waals surface area contributed by atoms with Crippen LogP contribution in [0.2, 0.25) is 5.02 Å². The lowest BCUT2D eigenvalue weighted by Gasteiger charge is -2.35. The van der Waals surface area contributed by atoms with Crippen LogP contribution >= 0.6 is 11.6 Å². The molecule has 1 saturated heterocycles. The van der Waals surface area contributed by atoms with Gasteiger partial charge >= 0.3 is 0 Å². The molecule has 1 heterocycles. The molecule has 0 bridgehead atoms. The molecule has 26 heavy (non-hydrogen) atoms. The van der Waals surface area contributed by atoms with Gasteiger partial charge in [-0.05, 0) is 30.3 Å². The summed E-state index contributed by atoms with van der Waals surface area (Å²) in [4.78, 5) is 26.9. The first-order valence-electron chi connectivity index (χ1n) is 8.25. The van der Waals surface area contributed by atoms with Crippen LogP contribution in [0, 0.1) is 10.1 Å². The largest absolute Gasteiger partial charge is 0.368 e. The number of amides is 1. The van der Waals surface area contributed by atoms with Crippen molar-refractivity contribution in [1.29, 1.82) is 0 Å². The average molecular weight is 372 g/mol. The predicted octanol–water partition coefficient (Wildman–Crippen LogP) is 3.61. The van der Waals surface area contributed by atoms with Gasteiger partial charge in [0.15, 0.2) is 0 Å². The fourth-order valence-electron chi connectivity index (χ4n) is 2.92. The van der Waals surface area contributed by atoms with Crippen molar-refractivity contribution in [1.82, 2.24) is 4.90 Å². The highest BCUT2D eigenvalue weighted by molar-refractivity contribution is 6.30. The first-order chi connectivity index (χ1) is 12.5. The zero-order valence-electron chi connectivity index (χ0n) is 14.0. The number of nitro benzene ring substituents is 1. The zero-order valence-corrected chi connectivity index (χ0v) is 14.8. The molecule has 0 aliphatic carbocycles. The summed E-state index contributed by atoms with van der Waals surface area (Å²) in [6, 6.07) is 14.0. The fraction of sp³-hybridized carbons (Fsp3) is 0.211. The molecule has 0 N–H and O–H groups in total. The molecule has 1 fully saturated rings. The number of halogens is 1. The van der Waals surface area contributed by atoms with Crippen molar-refractivity contribution in [3.05, 3.63) is 75.3 Å². The van der Waals surface area contributed by atoms with E-state index in [1.54, 1.807) is 23.1 Å². The Balaban J connectivity index is 1.61. The van der Waals surface area contributed by atoms with E-state index in [4.69, 9.17) is 11.6 Å². The van der Waals surface area contributed by atoms with Crippen molar-refractivity contribution in [2.24, 2.45) is 0 Å². The lowest BCUT2D eigenvalue weighted by atomic mass is 10.1. The normalized spacial score (nSPS) is 14.7. The van der Waals surface area contributed by atoms with E-state index in [0.717, 1.165) is 5.69 Å². The maximum atomic E-state index is 12.4. The number of para-hydroxylation sites is 1. The van der Waals surface area contributed by atoms with Gasteiger partial charge in [0.1, 0.15) is 0 Å². The average Bonchev–Trinajstić information content (AvgIpc) is 2.66. The summed E-state index contributed by atoms with van der Waals surface area (Å²) in [5, 5.41) is 11.7. The number of nitro groups is 1. The van der Waals surface area contributed by atoms with Crippen LogP contribution in [0.15, 0.2) is 54.6 Å². The second-order valence-electron chi connectivity index (χ2n) is 5.94. The SMILES string of the molecule is O=C(C=Cc1ccccc1[N+](=O)[O-])N1CCN(c2cccc(Cl)c2)CC1. The van der Waals surface area contributed by atoms with Crippen LogP contribution in [0.1, 0.15) is 5.56 Å². The van der Waals surface area contributed by atoms with E-state index in [0.29, 0.717) is 36.8 Å². The van der Waals surface area contributed by atoms with Crippen LogP contribution in [-0.4, -0.2) is 41.9 Å². The van der Waals surface area contributed by atoms with Gasteiger partial charge in [-0.15, -0.1) is 0 Å². The number of rotatable bonds is 4. The van der Waals surface area contributed by atoms with Crippen molar-refractivity contribution in [2.45, 2.75) is 0 Å². The minimum Gasteiger partial charge on any atom is -0.368 e. The Bertz CT molecular complexity index is 845. The molecule has 0 saturated carbocycles. The molecule has 0 atom stereocenters. The van der Waals surface area contributed by atoms with E-state index in [1.165, 1.54) is 18.2 Å². The molecular weight excluding hydrogens is 354 g/mol. The number of carbonyl (C=O) groups is 1. The minimum atomic E-state index is -0.450. The molecule has 0 unspecified atom stereocenters. The summed E-state index contributed by atoms with van der Waals surface area (Å²) >= 11 is 6.03. The highest BCUT2D eigenvalue weighted by atomic mass is 35.5. The molecule has 1 amide bonds.